The number of aliphatic carboxylic acids is 1. The van der Waals surface area contributed by atoms with Gasteiger partial charge in [0.1, 0.15) is 10.6 Å². The Labute approximate surface area is 315 Å². The zero-order chi connectivity index (χ0) is 40.2. The number of aromatic nitrogens is 1. The predicted molar refractivity (Wildman–Crippen MR) is 183 cm³/mol. The van der Waals surface area contributed by atoms with Crippen LogP contribution in [-0.2, 0) is 27.4 Å². The van der Waals surface area contributed by atoms with Gasteiger partial charge in [-0.2, -0.15) is 31.6 Å². The van der Waals surface area contributed by atoms with Crippen molar-refractivity contribution in [3.05, 3.63) is 75.5 Å². The number of carboxylic acid groups (broad SMARTS) is 1. The summed E-state index contributed by atoms with van der Waals surface area (Å²) in [6.07, 6.45) is -8.00. The van der Waals surface area contributed by atoms with Crippen molar-refractivity contribution >= 4 is 29.1 Å². The first kappa shape index (κ1) is 41.2. The highest BCUT2D eigenvalue weighted by molar-refractivity contribution is 7.10. The molecule has 0 saturated carbocycles. The lowest BCUT2D eigenvalue weighted by molar-refractivity contribution is -0.160. The third kappa shape index (κ3) is 8.66. The zero-order valence-corrected chi connectivity index (χ0v) is 30.3. The number of piperidine rings is 2. The Morgan fingerprint density at radius 2 is 1.80 bits per heavy atom. The SMILES string of the molecule is CCCC1N(C(=O)c2cnccc2C(F)(F)F)CCCC1(Oc1csc(C(F)(F)F)c1)C(=O)N1CCC(C#N)(c2cccc(F)c2OCCCC(=O)O)CC1. The molecule has 0 aliphatic carbocycles. The molecule has 2 unspecified atom stereocenters. The van der Waals surface area contributed by atoms with Crippen molar-refractivity contribution < 1.29 is 59.7 Å². The predicted octanol–water partition coefficient (Wildman–Crippen LogP) is 7.87. The maximum absolute atomic E-state index is 15.1. The molecule has 2 atom stereocenters. The molecule has 5 rings (SSSR count). The van der Waals surface area contributed by atoms with Crippen LogP contribution in [0.25, 0.3) is 0 Å². The average molecular weight is 799 g/mol. The van der Waals surface area contributed by atoms with E-state index in [1.165, 1.54) is 17.0 Å². The molecule has 2 saturated heterocycles. The highest BCUT2D eigenvalue weighted by Gasteiger charge is 2.57. The molecule has 2 fully saturated rings. The maximum Gasteiger partial charge on any atom is 0.425 e. The first-order chi connectivity index (χ1) is 26.0. The van der Waals surface area contributed by atoms with Gasteiger partial charge in [0.05, 0.1) is 35.3 Å². The number of nitriles is 1. The fraction of sp³-hybridized carbons (Fsp3) is 0.486. The second-order valence-electron chi connectivity index (χ2n) is 13.4. The third-order valence-electron chi connectivity index (χ3n) is 9.94. The molecule has 2 aliphatic rings. The summed E-state index contributed by atoms with van der Waals surface area (Å²) in [4.78, 5) is 45.1. The first-order valence-electron chi connectivity index (χ1n) is 17.5. The van der Waals surface area contributed by atoms with E-state index < -0.39 is 69.0 Å². The Morgan fingerprint density at radius 1 is 1.07 bits per heavy atom. The minimum Gasteiger partial charge on any atom is -0.490 e. The summed E-state index contributed by atoms with van der Waals surface area (Å²) >= 11 is 0.329. The quantitative estimate of drug-likeness (QED) is 0.145. The molecule has 2 aliphatic heterocycles. The fourth-order valence-electron chi connectivity index (χ4n) is 7.33. The summed E-state index contributed by atoms with van der Waals surface area (Å²) in [6.45, 7) is 1.22. The van der Waals surface area contributed by atoms with Crippen LogP contribution in [0.4, 0.5) is 30.7 Å². The number of likely N-dealkylation sites (tertiary alicyclic amines) is 2. The molecule has 3 aromatic rings. The second-order valence-corrected chi connectivity index (χ2v) is 14.3. The number of halogens is 7. The molecular formula is C37H37F7N4O6S. The number of ether oxygens (including phenoxy) is 2. The normalized spacial score (nSPS) is 20.1. The van der Waals surface area contributed by atoms with Gasteiger partial charge in [0.25, 0.3) is 11.8 Å². The van der Waals surface area contributed by atoms with Crippen molar-refractivity contribution in [2.24, 2.45) is 0 Å². The minimum atomic E-state index is -4.93. The van der Waals surface area contributed by atoms with Gasteiger partial charge in [-0.05, 0) is 44.2 Å². The van der Waals surface area contributed by atoms with Crippen molar-refractivity contribution in [2.45, 2.75) is 87.7 Å². The third-order valence-corrected chi connectivity index (χ3v) is 10.9. The standard InChI is InChI=1S/C37H37F7N4O6S/c1-2-6-28-35(54-23-19-29(55-21-23)37(42,43)44,11-5-15-48(28)32(51)24-20-46-14-10-25(24)36(39,40)41)33(52)47-16-12-34(22-45,13-17-47)26-7-3-8-27(38)31(26)53-18-4-9-30(49)50/h3,7-8,10,14,19-21,28H,2,4-6,9,11-13,15-18H2,1H3,(H,49,50). The molecule has 296 valence electrons. The molecule has 0 spiro atoms. The number of hydrogen-bond donors (Lipinski definition) is 1. The van der Waals surface area contributed by atoms with Gasteiger partial charge in [0.2, 0.25) is 5.60 Å². The van der Waals surface area contributed by atoms with E-state index in [0.29, 0.717) is 23.8 Å². The van der Waals surface area contributed by atoms with Crippen LogP contribution in [0.3, 0.4) is 0 Å². The lowest BCUT2D eigenvalue weighted by Gasteiger charge is -2.51. The summed E-state index contributed by atoms with van der Waals surface area (Å²) in [5.41, 5.74) is -5.25. The van der Waals surface area contributed by atoms with Crippen LogP contribution in [0.1, 0.15) is 84.7 Å². The van der Waals surface area contributed by atoms with Gasteiger partial charge in [-0.25, -0.2) is 4.39 Å². The Balaban J connectivity index is 1.51. The summed E-state index contributed by atoms with van der Waals surface area (Å²) in [6, 6.07) is 6.41. The second kappa shape index (κ2) is 16.4. The van der Waals surface area contributed by atoms with E-state index in [0.717, 1.165) is 34.8 Å². The number of thiophene rings is 1. The number of carbonyl (C=O) groups is 3. The van der Waals surface area contributed by atoms with Crippen LogP contribution < -0.4 is 9.47 Å². The number of carbonyl (C=O) groups excluding carboxylic acids is 2. The molecule has 1 N–H and O–H groups in total. The number of alkyl halides is 6. The van der Waals surface area contributed by atoms with E-state index >= 15 is 4.39 Å². The minimum absolute atomic E-state index is 0.0250. The Bertz CT molecular complexity index is 1920. The smallest absolute Gasteiger partial charge is 0.425 e. The number of para-hydroxylation sites is 1. The average Bonchev–Trinajstić information content (AvgIpc) is 3.63. The molecular weight excluding hydrogens is 761 g/mol. The van der Waals surface area contributed by atoms with Crippen LogP contribution in [-0.4, -0.2) is 75.6 Å². The van der Waals surface area contributed by atoms with Crippen molar-refractivity contribution in [1.29, 1.82) is 5.26 Å². The molecule has 2 aromatic heterocycles. The lowest BCUT2D eigenvalue weighted by Crippen LogP contribution is -2.68. The number of amides is 2. The van der Waals surface area contributed by atoms with Gasteiger partial charge in [-0.3, -0.25) is 19.4 Å². The van der Waals surface area contributed by atoms with Crippen LogP contribution in [0, 0.1) is 17.1 Å². The summed E-state index contributed by atoms with van der Waals surface area (Å²) in [5, 5.41) is 20.5. The van der Waals surface area contributed by atoms with Gasteiger partial charge < -0.3 is 24.4 Å². The van der Waals surface area contributed by atoms with Crippen LogP contribution >= 0.6 is 11.3 Å². The van der Waals surface area contributed by atoms with E-state index in [-0.39, 0.29) is 88.2 Å². The van der Waals surface area contributed by atoms with E-state index in [2.05, 4.69) is 11.1 Å². The van der Waals surface area contributed by atoms with E-state index in [4.69, 9.17) is 14.6 Å². The van der Waals surface area contributed by atoms with Crippen LogP contribution in [0.15, 0.2) is 48.1 Å². The van der Waals surface area contributed by atoms with Gasteiger partial charge in [0.15, 0.2) is 11.6 Å². The van der Waals surface area contributed by atoms with Gasteiger partial charge >= 0.3 is 18.3 Å². The topological polar surface area (TPSA) is 133 Å². The van der Waals surface area contributed by atoms with Gasteiger partial charge in [-0.15, -0.1) is 11.3 Å². The van der Waals surface area contributed by atoms with Crippen LogP contribution in [0.2, 0.25) is 0 Å². The molecule has 4 heterocycles. The summed E-state index contributed by atoms with van der Waals surface area (Å²) in [7, 11) is 0. The number of rotatable bonds is 12. The highest BCUT2D eigenvalue weighted by atomic mass is 32.1. The molecule has 2 amide bonds. The number of nitrogens with zero attached hydrogens (tertiary/aromatic N) is 4. The maximum atomic E-state index is 15.1. The highest BCUT2D eigenvalue weighted by Crippen LogP contribution is 2.45. The monoisotopic (exact) mass is 798 g/mol. The van der Waals surface area contributed by atoms with Crippen molar-refractivity contribution in [3.8, 4) is 17.6 Å². The Kier molecular flexibility index (Phi) is 12.3. The lowest BCUT2D eigenvalue weighted by atomic mass is 9.72. The molecule has 18 heteroatoms. The van der Waals surface area contributed by atoms with E-state index in [9.17, 15) is 46.0 Å². The number of hydrogen-bond acceptors (Lipinski definition) is 8. The summed E-state index contributed by atoms with van der Waals surface area (Å²) < 4.78 is 110. The fourth-order valence-corrected chi connectivity index (χ4v) is 8.01. The Morgan fingerprint density at radius 3 is 2.42 bits per heavy atom. The van der Waals surface area contributed by atoms with Gasteiger partial charge in [-0.1, -0.05) is 25.5 Å². The van der Waals surface area contributed by atoms with Crippen LogP contribution in [0.5, 0.6) is 11.5 Å². The molecule has 0 radical (unpaired) electrons. The van der Waals surface area contributed by atoms with Crippen molar-refractivity contribution in [1.82, 2.24) is 14.8 Å². The first-order valence-corrected chi connectivity index (χ1v) is 18.4. The number of benzene rings is 1. The molecule has 1 aromatic carbocycles. The van der Waals surface area contributed by atoms with Gasteiger partial charge in [0, 0.05) is 61.9 Å². The Hall–Kier alpha value is -4.92. The summed E-state index contributed by atoms with van der Waals surface area (Å²) in [5.74, 6) is -4.21. The van der Waals surface area contributed by atoms with Crippen molar-refractivity contribution in [2.75, 3.05) is 26.2 Å². The number of carboxylic acids is 1. The molecule has 10 nitrogen and oxygen atoms in total. The molecule has 55 heavy (non-hydrogen) atoms. The largest absolute Gasteiger partial charge is 0.490 e. The number of pyridine rings is 1. The zero-order valence-electron chi connectivity index (χ0n) is 29.5. The van der Waals surface area contributed by atoms with Crippen molar-refractivity contribution in [3.63, 3.8) is 0 Å². The van der Waals surface area contributed by atoms with E-state index in [1.807, 2.05) is 0 Å². The molecule has 0 bridgehead atoms. The van der Waals surface area contributed by atoms with E-state index in [1.54, 1.807) is 6.92 Å².